The van der Waals surface area contributed by atoms with Gasteiger partial charge in [0.25, 0.3) is 5.91 Å². The summed E-state index contributed by atoms with van der Waals surface area (Å²) in [7, 11) is 0. The van der Waals surface area contributed by atoms with Gasteiger partial charge in [0.05, 0.1) is 13.2 Å². The van der Waals surface area contributed by atoms with E-state index in [9.17, 15) is 4.79 Å². The van der Waals surface area contributed by atoms with E-state index in [-0.39, 0.29) is 5.91 Å². The lowest BCUT2D eigenvalue weighted by atomic mass is 10.1. The number of likely N-dealkylation sites (tertiary alicyclic amines) is 1. The molecule has 1 unspecified atom stereocenters. The molecule has 0 aromatic heterocycles. The Labute approximate surface area is 134 Å². The molecule has 2 saturated heterocycles. The van der Waals surface area contributed by atoms with Crippen molar-refractivity contribution in [2.24, 2.45) is 0 Å². The summed E-state index contributed by atoms with van der Waals surface area (Å²) in [6, 6.07) is 6.32. The third kappa shape index (κ3) is 3.15. The fraction of sp³-hybridized carbons (Fsp3) is 0.562. The van der Waals surface area contributed by atoms with Gasteiger partial charge in [0.15, 0.2) is 0 Å². The quantitative estimate of drug-likeness (QED) is 0.818. The van der Waals surface area contributed by atoms with Gasteiger partial charge < -0.3 is 9.64 Å². The van der Waals surface area contributed by atoms with Crippen LogP contribution in [0.1, 0.15) is 22.3 Å². The number of halogens is 1. The molecule has 2 fully saturated rings. The molecule has 21 heavy (non-hydrogen) atoms. The molecule has 2 aliphatic rings. The van der Waals surface area contributed by atoms with Crippen molar-refractivity contribution in [2.75, 3.05) is 39.4 Å². The summed E-state index contributed by atoms with van der Waals surface area (Å²) in [5.41, 5.74) is 1.84. The van der Waals surface area contributed by atoms with E-state index in [2.05, 4.69) is 20.8 Å². The van der Waals surface area contributed by atoms with Crippen molar-refractivity contribution >= 4 is 21.8 Å². The van der Waals surface area contributed by atoms with Crippen molar-refractivity contribution < 1.29 is 9.53 Å². The molecule has 0 aliphatic carbocycles. The molecular formula is C16H21BrN2O2. The number of hydrogen-bond acceptors (Lipinski definition) is 3. The number of nitrogens with zero attached hydrogens (tertiary/aromatic N) is 2. The van der Waals surface area contributed by atoms with E-state index in [1.165, 1.54) is 0 Å². The van der Waals surface area contributed by atoms with Crippen molar-refractivity contribution in [1.29, 1.82) is 0 Å². The van der Waals surface area contributed by atoms with Crippen molar-refractivity contribution in [3.05, 3.63) is 33.8 Å². The molecule has 2 aliphatic heterocycles. The first-order valence-electron chi connectivity index (χ1n) is 7.53. The minimum Gasteiger partial charge on any atom is -0.379 e. The second-order valence-corrected chi connectivity index (χ2v) is 6.61. The first-order chi connectivity index (χ1) is 10.2. The predicted octanol–water partition coefficient (Wildman–Crippen LogP) is 2.30. The van der Waals surface area contributed by atoms with Gasteiger partial charge in [-0.3, -0.25) is 9.69 Å². The van der Waals surface area contributed by atoms with Crippen LogP contribution in [0.25, 0.3) is 0 Å². The van der Waals surface area contributed by atoms with Crippen LogP contribution < -0.4 is 0 Å². The summed E-state index contributed by atoms with van der Waals surface area (Å²) >= 11 is 3.50. The summed E-state index contributed by atoms with van der Waals surface area (Å²) in [4.78, 5) is 17.2. The fourth-order valence-corrected chi connectivity index (χ4v) is 3.54. The number of morpholine rings is 1. The fourth-order valence-electron chi connectivity index (χ4n) is 3.18. The summed E-state index contributed by atoms with van der Waals surface area (Å²) in [5, 5.41) is 0. The van der Waals surface area contributed by atoms with Crippen LogP contribution in [-0.2, 0) is 4.74 Å². The highest BCUT2D eigenvalue weighted by Crippen LogP contribution is 2.24. The SMILES string of the molecule is Cc1c(Br)cccc1C(=O)N1CCC(N2CCOCC2)C1. The van der Waals surface area contributed by atoms with Crippen LogP contribution in [0.4, 0.5) is 0 Å². The van der Waals surface area contributed by atoms with Gasteiger partial charge in [-0.1, -0.05) is 22.0 Å². The zero-order valence-electron chi connectivity index (χ0n) is 12.3. The zero-order chi connectivity index (χ0) is 14.8. The number of benzene rings is 1. The Balaban J connectivity index is 1.68. The number of carbonyl (C=O) groups excluding carboxylic acids is 1. The molecular weight excluding hydrogens is 332 g/mol. The first kappa shape index (κ1) is 15.0. The molecule has 4 nitrogen and oxygen atoms in total. The third-order valence-corrected chi connectivity index (χ3v) is 5.37. The van der Waals surface area contributed by atoms with E-state index < -0.39 is 0 Å². The Morgan fingerprint density at radius 1 is 1.29 bits per heavy atom. The third-order valence-electron chi connectivity index (χ3n) is 4.51. The molecule has 5 heteroatoms. The van der Waals surface area contributed by atoms with Crippen LogP contribution in [0.2, 0.25) is 0 Å². The highest BCUT2D eigenvalue weighted by Gasteiger charge is 2.32. The Kier molecular flexibility index (Phi) is 4.62. The van der Waals surface area contributed by atoms with E-state index in [0.717, 1.165) is 61.4 Å². The lowest BCUT2D eigenvalue weighted by Crippen LogP contribution is -2.45. The molecule has 1 aromatic rings. The van der Waals surface area contributed by atoms with E-state index in [1.54, 1.807) is 0 Å². The van der Waals surface area contributed by atoms with Gasteiger partial charge in [-0.25, -0.2) is 0 Å². The van der Waals surface area contributed by atoms with Gasteiger partial charge in [-0.2, -0.15) is 0 Å². The Bertz CT molecular complexity index is 529. The monoisotopic (exact) mass is 352 g/mol. The second-order valence-electron chi connectivity index (χ2n) is 5.75. The van der Waals surface area contributed by atoms with Gasteiger partial charge in [-0.05, 0) is 31.0 Å². The van der Waals surface area contributed by atoms with Crippen LogP contribution in [0, 0.1) is 6.92 Å². The van der Waals surface area contributed by atoms with E-state index in [4.69, 9.17) is 4.74 Å². The molecule has 2 heterocycles. The van der Waals surface area contributed by atoms with Crippen molar-refractivity contribution in [2.45, 2.75) is 19.4 Å². The molecule has 114 valence electrons. The molecule has 1 aromatic carbocycles. The average Bonchev–Trinajstić information content (AvgIpc) is 3.00. The molecule has 3 rings (SSSR count). The largest absolute Gasteiger partial charge is 0.379 e. The number of ether oxygens (including phenoxy) is 1. The van der Waals surface area contributed by atoms with Gasteiger partial charge in [0.2, 0.25) is 0 Å². The minimum atomic E-state index is 0.157. The summed E-state index contributed by atoms with van der Waals surface area (Å²) in [6.07, 6.45) is 1.07. The van der Waals surface area contributed by atoms with Gasteiger partial charge in [0, 0.05) is 42.3 Å². The highest BCUT2D eigenvalue weighted by atomic mass is 79.9. The predicted molar refractivity (Wildman–Crippen MR) is 85.6 cm³/mol. The van der Waals surface area contributed by atoms with Crippen LogP contribution in [0.5, 0.6) is 0 Å². The van der Waals surface area contributed by atoms with Crippen molar-refractivity contribution in [3.8, 4) is 0 Å². The van der Waals surface area contributed by atoms with Crippen molar-refractivity contribution in [3.63, 3.8) is 0 Å². The Morgan fingerprint density at radius 3 is 2.81 bits per heavy atom. The van der Waals surface area contributed by atoms with Gasteiger partial charge >= 0.3 is 0 Å². The maximum Gasteiger partial charge on any atom is 0.254 e. The normalized spacial score (nSPS) is 23.5. The minimum absolute atomic E-state index is 0.157. The maximum absolute atomic E-state index is 12.7. The molecule has 0 spiro atoms. The number of hydrogen-bond donors (Lipinski definition) is 0. The van der Waals surface area contributed by atoms with Gasteiger partial charge in [0.1, 0.15) is 0 Å². The molecule has 1 atom stereocenters. The first-order valence-corrected chi connectivity index (χ1v) is 8.32. The molecule has 1 amide bonds. The van der Waals surface area contributed by atoms with E-state index >= 15 is 0 Å². The Hall–Kier alpha value is -0.910. The average molecular weight is 353 g/mol. The molecule has 0 N–H and O–H groups in total. The second kappa shape index (κ2) is 6.46. The van der Waals surface area contributed by atoms with Crippen LogP contribution in [-0.4, -0.2) is 61.1 Å². The van der Waals surface area contributed by atoms with Crippen molar-refractivity contribution in [1.82, 2.24) is 9.80 Å². The summed E-state index contributed by atoms with van der Waals surface area (Å²) in [5.74, 6) is 0.157. The lowest BCUT2D eigenvalue weighted by Gasteiger charge is -2.32. The number of carbonyl (C=O) groups is 1. The van der Waals surface area contributed by atoms with E-state index in [0.29, 0.717) is 6.04 Å². The molecule has 0 radical (unpaired) electrons. The van der Waals surface area contributed by atoms with Gasteiger partial charge in [-0.15, -0.1) is 0 Å². The number of amides is 1. The van der Waals surface area contributed by atoms with Crippen LogP contribution in [0.3, 0.4) is 0 Å². The summed E-state index contributed by atoms with van der Waals surface area (Å²) < 4.78 is 6.40. The molecule has 0 bridgehead atoms. The Morgan fingerprint density at radius 2 is 2.05 bits per heavy atom. The molecule has 0 saturated carbocycles. The smallest absolute Gasteiger partial charge is 0.254 e. The van der Waals surface area contributed by atoms with E-state index in [1.807, 2.05) is 30.0 Å². The standard InChI is InChI=1S/C16H21BrN2O2/c1-12-14(3-2-4-15(12)17)16(20)19-6-5-13(11-19)18-7-9-21-10-8-18/h2-4,13H,5-11H2,1H3. The number of rotatable bonds is 2. The van der Waals surface area contributed by atoms with Crippen LogP contribution >= 0.6 is 15.9 Å². The topological polar surface area (TPSA) is 32.8 Å². The zero-order valence-corrected chi connectivity index (χ0v) is 13.9. The maximum atomic E-state index is 12.7. The van der Waals surface area contributed by atoms with Crippen LogP contribution in [0.15, 0.2) is 22.7 Å². The summed E-state index contributed by atoms with van der Waals surface area (Å²) in [6.45, 7) is 7.29. The lowest BCUT2D eigenvalue weighted by molar-refractivity contribution is 0.0185. The highest BCUT2D eigenvalue weighted by molar-refractivity contribution is 9.10.